The molecule has 0 amide bonds. The van der Waals surface area contributed by atoms with Crippen molar-refractivity contribution in [1.29, 1.82) is 0 Å². The Kier molecular flexibility index (Phi) is 5.88. The molecular formula is C16H22ClFN2O. The number of anilines is 1. The van der Waals surface area contributed by atoms with Crippen LogP contribution in [0, 0.1) is 5.82 Å². The van der Waals surface area contributed by atoms with Crippen LogP contribution in [-0.2, 0) is 4.74 Å². The molecule has 0 aliphatic carbocycles. The summed E-state index contributed by atoms with van der Waals surface area (Å²) in [5.74, 6) is -0.318. The minimum atomic E-state index is -0.318. The van der Waals surface area contributed by atoms with Crippen molar-refractivity contribution >= 4 is 17.3 Å². The fourth-order valence-electron chi connectivity index (χ4n) is 2.47. The molecule has 1 aromatic rings. The lowest BCUT2D eigenvalue weighted by atomic mass is 10.1. The maximum atomic E-state index is 13.2. The molecule has 0 saturated heterocycles. The van der Waals surface area contributed by atoms with E-state index in [1.54, 1.807) is 13.2 Å². The van der Waals surface area contributed by atoms with Gasteiger partial charge in [-0.3, -0.25) is 5.01 Å². The first-order chi connectivity index (χ1) is 10.2. The van der Waals surface area contributed by atoms with Gasteiger partial charge in [0.05, 0.1) is 23.9 Å². The topological polar surface area (TPSA) is 24.5 Å². The van der Waals surface area contributed by atoms with E-state index in [4.69, 9.17) is 16.3 Å². The second kappa shape index (κ2) is 7.66. The van der Waals surface area contributed by atoms with E-state index in [0.29, 0.717) is 11.6 Å². The van der Waals surface area contributed by atoms with E-state index in [-0.39, 0.29) is 5.82 Å². The molecule has 3 nitrogen and oxygen atoms in total. The van der Waals surface area contributed by atoms with Gasteiger partial charge in [0.1, 0.15) is 5.82 Å². The molecular weight excluding hydrogens is 291 g/mol. The SMILES string of the molecule is CCCCC1=C(CCOC)NN(c2ccc(F)cc2Cl)C1. The van der Waals surface area contributed by atoms with Crippen LogP contribution in [0.3, 0.4) is 0 Å². The van der Waals surface area contributed by atoms with Crippen molar-refractivity contribution in [2.45, 2.75) is 32.6 Å². The van der Waals surface area contributed by atoms with Crippen LogP contribution in [0.5, 0.6) is 0 Å². The molecule has 0 aromatic heterocycles. The molecule has 1 aliphatic heterocycles. The first kappa shape index (κ1) is 16.1. The van der Waals surface area contributed by atoms with Crippen molar-refractivity contribution in [3.05, 3.63) is 40.3 Å². The van der Waals surface area contributed by atoms with Gasteiger partial charge in [0.15, 0.2) is 0 Å². The van der Waals surface area contributed by atoms with Gasteiger partial charge in [0.2, 0.25) is 0 Å². The summed E-state index contributed by atoms with van der Waals surface area (Å²) >= 11 is 6.15. The van der Waals surface area contributed by atoms with Crippen LogP contribution in [0.4, 0.5) is 10.1 Å². The van der Waals surface area contributed by atoms with Crippen LogP contribution in [0.15, 0.2) is 29.5 Å². The summed E-state index contributed by atoms with van der Waals surface area (Å²) in [6, 6.07) is 4.49. The van der Waals surface area contributed by atoms with Crippen LogP contribution in [0.25, 0.3) is 0 Å². The number of rotatable bonds is 7. The average Bonchev–Trinajstić information content (AvgIpc) is 2.85. The van der Waals surface area contributed by atoms with Crippen molar-refractivity contribution in [3.8, 4) is 0 Å². The monoisotopic (exact) mass is 312 g/mol. The highest BCUT2D eigenvalue weighted by Crippen LogP contribution is 2.31. The molecule has 116 valence electrons. The third-order valence-corrected chi connectivity index (χ3v) is 3.94. The van der Waals surface area contributed by atoms with Crippen molar-refractivity contribution < 1.29 is 9.13 Å². The second-order valence-electron chi connectivity index (χ2n) is 5.22. The maximum Gasteiger partial charge on any atom is 0.124 e. The number of hydrogen-bond acceptors (Lipinski definition) is 3. The highest BCUT2D eigenvalue weighted by molar-refractivity contribution is 6.33. The van der Waals surface area contributed by atoms with Crippen LogP contribution >= 0.6 is 11.6 Å². The summed E-state index contributed by atoms with van der Waals surface area (Å²) in [4.78, 5) is 0. The van der Waals surface area contributed by atoms with Gasteiger partial charge in [0.25, 0.3) is 0 Å². The fraction of sp³-hybridized carbons (Fsp3) is 0.500. The van der Waals surface area contributed by atoms with Crippen LogP contribution in [0.1, 0.15) is 32.6 Å². The molecule has 1 aliphatic rings. The predicted molar refractivity (Wildman–Crippen MR) is 84.9 cm³/mol. The summed E-state index contributed by atoms with van der Waals surface area (Å²) in [5.41, 5.74) is 6.78. The Labute approximate surface area is 130 Å². The molecule has 2 rings (SSSR count). The lowest BCUT2D eigenvalue weighted by Gasteiger charge is -2.21. The third-order valence-electron chi connectivity index (χ3n) is 3.63. The fourth-order valence-corrected chi connectivity index (χ4v) is 2.74. The van der Waals surface area contributed by atoms with Gasteiger partial charge >= 0.3 is 0 Å². The quantitative estimate of drug-likeness (QED) is 0.813. The van der Waals surface area contributed by atoms with E-state index in [0.717, 1.165) is 25.1 Å². The highest BCUT2D eigenvalue weighted by atomic mass is 35.5. The number of methoxy groups -OCH3 is 1. The molecule has 0 bridgehead atoms. The van der Waals surface area contributed by atoms with Gasteiger partial charge in [-0.25, -0.2) is 4.39 Å². The van der Waals surface area contributed by atoms with Crippen molar-refractivity contribution in [3.63, 3.8) is 0 Å². The third kappa shape index (κ3) is 4.11. The minimum absolute atomic E-state index is 0.318. The molecule has 0 radical (unpaired) electrons. The number of hydrogen-bond donors (Lipinski definition) is 1. The van der Waals surface area contributed by atoms with E-state index in [9.17, 15) is 4.39 Å². The van der Waals surface area contributed by atoms with Crippen molar-refractivity contribution in [2.24, 2.45) is 0 Å². The van der Waals surface area contributed by atoms with E-state index in [1.807, 2.05) is 5.01 Å². The Balaban J connectivity index is 2.12. The molecule has 0 spiro atoms. The van der Waals surface area contributed by atoms with Crippen molar-refractivity contribution in [1.82, 2.24) is 5.43 Å². The number of nitrogens with one attached hydrogen (secondary N) is 1. The van der Waals surface area contributed by atoms with Crippen LogP contribution in [-0.4, -0.2) is 20.3 Å². The molecule has 0 fully saturated rings. The Morgan fingerprint density at radius 3 is 2.86 bits per heavy atom. The second-order valence-corrected chi connectivity index (χ2v) is 5.63. The molecule has 1 heterocycles. The molecule has 1 aromatic carbocycles. The highest BCUT2D eigenvalue weighted by Gasteiger charge is 2.22. The normalized spacial score (nSPS) is 14.8. The summed E-state index contributed by atoms with van der Waals surface area (Å²) < 4.78 is 18.3. The van der Waals surface area contributed by atoms with E-state index < -0.39 is 0 Å². The van der Waals surface area contributed by atoms with Crippen LogP contribution < -0.4 is 10.4 Å². The zero-order valence-electron chi connectivity index (χ0n) is 12.6. The summed E-state index contributed by atoms with van der Waals surface area (Å²) in [5, 5.41) is 2.41. The summed E-state index contributed by atoms with van der Waals surface area (Å²) in [7, 11) is 1.70. The lowest BCUT2D eigenvalue weighted by molar-refractivity contribution is 0.200. The summed E-state index contributed by atoms with van der Waals surface area (Å²) in [6.45, 7) is 3.65. The van der Waals surface area contributed by atoms with Crippen molar-refractivity contribution in [2.75, 3.05) is 25.3 Å². The van der Waals surface area contributed by atoms with Gasteiger partial charge in [0, 0.05) is 19.2 Å². The van der Waals surface area contributed by atoms with E-state index in [1.165, 1.54) is 36.2 Å². The van der Waals surface area contributed by atoms with Crippen LogP contribution in [0.2, 0.25) is 5.02 Å². The van der Waals surface area contributed by atoms with Gasteiger partial charge in [-0.15, -0.1) is 0 Å². The minimum Gasteiger partial charge on any atom is -0.384 e. The Hall–Kier alpha value is -1.26. The molecule has 0 saturated carbocycles. The van der Waals surface area contributed by atoms with E-state index in [2.05, 4.69) is 12.3 Å². The zero-order valence-corrected chi connectivity index (χ0v) is 13.3. The van der Waals surface area contributed by atoms with Gasteiger partial charge in [-0.1, -0.05) is 24.9 Å². The lowest BCUT2D eigenvalue weighted by Crippen LogP contribution is -2.32. The Bertz CT molecular complexity index is 499. The number of ether oxygens (including phenoxy) is 1. The number of unbranched alkanes of at least 4 members (excludes halogenated alkanes) is 1. The van der Waals surface area contributed by atoms with Gasteiger partial charge in [-0.05, 0) is 36.6 Å². The number of nitrogens with zero attached hydrogens (tertiary/aromatic N) is 1. The number of benzene rings is 1. The summed E-state index contributed by atoms with van der Waals surface area (Å²) in [6.07, 6.45) is 4.25. The molecule has 5 heteroatoms. The van der Waals surface area contributed by atoms with E-state index >= 15 is 0 Å². The predicted octanol–water partition coefficient (Wildman–Crippen LogP) is 4.28. The Morgan fingerprint density at radius 2 is 2.19 bits per heavy atom. The van der Waals surface area contributed by atoms with Gasteiger partial charge < -0.3 is 10.2 Å². The largest absolute Gasteiger partial charge is 0.384 e. The maximum absolute atomic E-state index is 13.2. The molecule has 0 atom stereocenters. The Morgan fingerprint density at radius 1 is 1.38 bits per heavy atom. The van der Waals surface area contributed by atoms with Gasteiger partial charge in [-0.2, -0.15) is 0 Å². The standard InChI is InChI=1S/C16H22ClFN2O/c1-3-4-5-12-11-20(19-15(12)8-9-21-2)16-7-6-13(18)10-14(16)17/h6-7,10,19H,3-5,8-9,11H2,1-2H3. The first-order valence-electron chi connectivity index (χ1n) is 7.34. The molecule has 0 unspecified atom stereocenters. The smallest absolute Gasteiger partial charge is 0.124 e. The average molecular weight is 313 g/mol. The number of hydrazine groups is 1. The molecule has 21 heavy (non-hydrogen) atoms. The number of halogens is 2. The first-order valence-corrected chi connectivity index (χ1v) is 7.72. The zero-order chi connectivity index (χ0) is 15.2. The molecule has 1 N–H and O–H groups in total.